The molecule has 0 spiro atoms. The fourth-order valence-electron chi connectivity index (χ4n) is 1.73. The summed E-state index contributed by atoms with van der Waals surface area (Å²) in [5.41, 5.74) is 0.447. The average Bonchev–Trinajstić information content (AvgIpc) is 2.38. The third kappa shape index (κ3) is 2.51. The molecule has 0 atom stereocenters. The highest BCUT2D eigenvalue weighted by Crippen LogP contribution is 2.34. The van der Waals surface area contributed by atoms with Crippen molar-refractivity contribution in [3.63, 3.8) is 0 Å². The Balaban J connectivity index is 2.49. The van der Waals surface area contributed by atoms with Crippen LogP contribution in [0.4, 0.5) is 13.2 Å². The molecule has 0 aliphatic heterocycles. The summed E-state index contributed by atoms with van der Waals surface area (Å²) in [6, 6.07) is 7.12. The number of benzene rings is 1. The van der Waals surface area contributed by atoms with Crippen LogP contribution in [0.3, 0.4) is 0 Å². The lowest BCUT2D eigenvalue weighted by molar-refractivity contribution is -0.138. The molecule has 0 saturated heterocycles. The van der Waals surface area contributed by atoms with Gasteiger partial charge < -0.3 is 5.11 Å². The Morgan fingerprint density at radius 2 is 1.67 bits per heavy atom. The summed E-state index contributed by atoms with van der Waals surface area (Å²) < 4.78 is 37.9. The predicted molar refractivity (Wildman–Crippen MR) is 60.6 cm³/mol. The Kier molecular flexibility index (Phi) is 3.34. The van der Waals surface area contributed by atoms with E-state index in [1.165, 1.54) is 12.1 Å². The highest BCUT2D eigenvalue weighted by molar-refractivity contribution is 5.64. The predicted octanol–water partition coefficient (Wildman–Crippen LogP) is 3.26. The van der Waals surface area contributed by atoms with Gasteiger partial charge in [-0.05, 0) is 41.0 Å². The lowest BCUT2D eigenvalue weighted by atomic mass is 10.00. The van der Waals surface area contributed by atoms with Gasteiger partial charge in [0.2, 0.25) is 0 Å². The monoisotopic (exact) mass is 253 g/mol. The summed E-state index contributed by atoms with van der Waals surface area (Å²) in [6.45, 7) is -0.645. The molecule has 0 bridgehead atoms. The second kappa shape index (κ2) is 4.78. The van der Waals surface area contributed by atoms with Crippen molar-refractivity contribution in [2.24, 2.45) is 0 Å². The van der Waals surface area contributed by atoms with E-state index >= 15 is 0 Å². The SMILES string of the molecule is OCc1cc(-c2ccncc2)ccc1C(F)(F)F. The number of hydrogen-bond donors (Lipinski definition) is 1. The van der Waals surface area contributed by atoms with Crippen molar-refractivity contribution in [2.45, 2.75) is 12.8 Å². The topological polar surface area (TPSA) is 33.1 Å². The molecular weight excluding hydrogens is 243 g/mol. The van der Waals surface area contributed by atoms with E-state index < -0.39 is 18.3 Å². The van der Waals surface area contributed by atoms with Crippen LogP contribution < -0.4 is 0 Å². The smallest absolute Gasteiger partial charge is 0.392 e. The highest BCUT2D eigenvalue weighted by atomic mass is 19.4. The third-order valence-corrected chi connectivity index (χ3v) is 2.59. The minimum absolute atomic E-state index is 0.128. The number of aliphatic hydroxyl groups excluding tert-OH is 1. The number of aromatic nitrogens is 1. The van der Waals surface area contributed by atoms with Gasteiger partial charge in [0, 0.05) is 12.4 Å². The maximum atomic E-state index is 12.6. The molecule has 1 aromatic carbocycles. The van der Waals surface area contributed by atoms with Crippen LogP contribution in [0, 0.1) is 0 Å². The van der Waals surface area contributed by atoms with E-state index in [1.807, 2.05) is 0 Å². The number of rotatable bonds is 2. The largest absolute Gasteiger partial charge is 0.416 e. The van der Waals surface area contributed by atoms with Gasteiger partial charge in [-0.1, -0.05) is 6.07 Å². The van der Waals surface area contributed by atoms with E-state index in [-0.39, 0.29) is 5.56 Å². The van der Waals surface area contributed by atoms with Gasteiger partial charge in [0.15, 0.2) is 0 Å². The number of halogens is 3. The zero-order valence-corrected chi connectivity index (χ0v) is 9.28. The fraction of sp³-hybridized carbons (Fsp3) is 0.154. The molecule has 2 nitrogen and oxygen atoms in total. The molecule has 0 unspecified atom stereocenters. The molecule has 94 valence electrons. The second-order valence-corrected chi connectivity index (χ2v) is 3.76. The summed E-state index contributed by atoms with van der Waals surface area (Å²) in [5, 5.41) is 9.04. The standard InChI is InChI=1S/C13H10F3NO/c14-13(15,16)12-2-1-10(7-11(12)8-18)9-3-5-17-6-4-9/h1-7,18H,8H2. The first kappa shape index (κ1) is 12.6. The average molecular weight is 253 g/mol. The molecule has 0 amide bonds. The quantitative estimate of drug-likeness (QED) is 0.891. The van der Waals surface area contributed by atoms with Gasteiger partial charge in [0.05, 0.1) is 12.2 Å². The summed E-state index contributed by atoms with van der Waals surface area (Å²) in [4.78, 5) is 3.84. The number of nitrogens with zero attached hydrogens (tertiary/aromatic N) is 1. The summed E-state index contributed by atoms with van der Waals surface area (Å²) in [7, 11) is 0. The van der Waals surface area contributed by atoms with Gasteiger partial charge in [-0.2, -0.15) is 13.2 Å². The second-order valence-electron chi connectivity index (χ2n) is 3.76. The van der Waals surface area contributed by atoms with Crippen molar-refractivity contribution in [3.05, 3.63) is 53.9 Å². The van der Waals surface area contributed by atoms with Crippen molar-refractivity contribution >= 4 is 0 Å². The Bertz CT molecular complexity index is 538. The van der Waals surface area contributed by atoms with Crippen molar-refractivity contribution in [1.29, 1.82) is 0 Å². The molecule has 2 rings (SSSR count). The van der Waals surface area contributed by atoms with Crippen LogP contribution in [0.1, 0.15) is 11.1 Å². The fourth-order valence-corrected chi connectivity index (χ4v) is 1.73. The molecule has 2 aromatic rings. The van der Waals surface area contributed by atoms with E-state index in [1.54, 1.807) is 24.5 Å². The molecule has 1 aromatic heterocycles. The Morgan fingerprint density at radius 1 is 1.00 bits per heavy atom. The summed E-state index contributed by atoms with van der Waals surface area (Å²) in [6.07, 6.45) is -1.33. The number of alkyl halides is 3. The first-order valence-electron chi connectivity index (χ1n) is 5.24. The maximum absolute atomic E-state index is 12.6. The molecule has 0 radical (unpaired) electrons. The van der Waals surface area contributed by atoms with Crippen LogP contribution >= 0.6 is 0 Å². The molecule has 0 aliphatic rings. The van der Waals surface area contributed by atoms with Gasteiger partial charge in [-0.25, -0.2) is 0 Å². The van der Waals surface area contributed by atoms with Crippen molar-refractivity contribution in [3.8, 4) is 11.1 Å². The number of hydrogen-bond acceptors (Lipinski definition) is 2. The molecule has 0 saturated carbocycles. The van der Waals surface area contributed by atoms with Crippen LogP contribution in [0.2, 0.25) is 0 Å². The maximum Gasteiger partial charge on any atom is 0.416 e. The minimum atomic E-state index is -4.45. The Morgan fingerprint density at radius 3 is 2.22 bits per heavy atom. The zero-order chi connectivity index (χ0) is 13.2. The van der Waals surface area contributed by atoms with Crippen LogP contribution in [0.15, 0.2) is 42.7 Å². The first-order valence-corrected chi connectivity index (χ1v) is 5.24. The van der Waals surface area contributed by atoms with E-state index in [0.717, 1.165) is 11.6 Å². The van der Waals surface area contributed by atoms with Gasteiger partial charge in [-0.15, -0.1) is 0 Å². The van der Waals surface area contributed by atoms with E-state index in [2.05, 4.69) is 4.98 Å². The van der Waals surface area contributed by atoms with Crippen molar-refractivity contribution in [2.75, 3.05) is 0 Å². The van der Waals surface area contributed by atoms with E-state index in [0.29, 0.717) is 5.56 Å². The Labute approximate surface area is 102 Å². The van der Waals surface area contributed by atoms with Crippen LogP contribution in [-0.4, -0.2) is 10.1 Å². The van der Waals surface area contributed by atoms with Gasteiger partial charge in [0.1, 0.15) is 0 Å². The lowest BCUT2D eigenvalue weighted by Gasteiger charge is -2.12. The normalized spacial score (nSPS) is 11.6. The van der Waals surface area contributed by atoms with Crippen molar-refractivity contribution in [1.82, 2.24) is 4.98 Å². The van der Waals surface area contributed by atoms with E-state index in [4.69, 9.17) is 5.11 Å². The van der Waals surface area contributed by atoms with Gasteiger partial charge in [0.25, 0.3) is 0 Å². The molecular formula is C13H10F3NO. The molecule has 1 heterocycles. The summed E-state index contributed by atoms with van der Waals surface area (Å²) >= 11 is 0. The number of aliphatic hydroxyl groups is 1. The highest BCUT2D eigenvalue weighted by Gasteiger charge is 2.33. The van der Waals surface area contributed by atoms with Crippen LogP contribution in [0.5, 0.6) is 0 Å². The Hall–Kier alpha value is -1.88. The minimum Gasteiger partial charge on any atom is -0.392 e. The molecule has 5 heteroatoms. The summed E-state index contributed by atoms with van der Waals surface area (Å²) in [5.74, 6) is 0. The molecule has 18 heavy (non-hydrogen) atoms. The lowest BCUT2D eigenvalue weighted by Crippen LogP contribution is -2.09. The van der Waals surface area contributed by atoms with Crippen molar-refractivity contribution < 1.29 is 18.3 Å². The molecule has 1 N–H and O–H groups in total. The zero-order valence-electron chi connectivity index (χ0n) is 9.28. The third-order valence-electron chi connectivity index (χ3n) is 2.59. The van der Waals surface area contributed by atoms with Crippen LogP contribution in [-0.2, 0) is 12.8 Å². The van der Waals surface area contributed by atoms with Gasteiger partial charge >= 0.3 is 6.18 Å². The molecule has 0 aliphatic carbocycles. The van der Waals surface area contributed by atoms with Gasteiger partial charge in [-0.3, -0.25) is 4.98 Å². The van der Waals surface area contributed by atoms with E-state index in [9.17, 15) is 13.2 Å². The first-order chi connectivity index (χ1) is 8.52. The van der Waals surface area contributed by atoms with Crippen LogP contribution in [0.25, 0.3) is 11.1 Å². The molecule has 0 fully saturated rings. The number of pyridine rings is 1.